The van der Waals surface area contributed by atoms with Crippen LogP contribution in [-0.2, 0) is 5.41 Å². The summed E-state index contributed by atoms with van der Waals surface area (Å²) in [5.41, 5.74) is 13.6. The number of nitrogens with zero attached hydrogens (tertiary/aromatic N) is 2. The van der Waals surface area contributed by atoms with Crippen LogP contribution in [0.3, 0.4) is 0 Å². The lowest BCUT2D eigenvalue weighted by Crippen LogP contribution is -2.10. The highest BCUT2D eigenvalue weighted by Crippen LogP contribution is 2.31. The Bertz CT molecular complexity index is 964. The van der Waals surface area contributed by atoms with Crippen LogP contribution in [0.5, 0.6) is 0 Å². The highest BCUT2D eigenvalue weighted by atomic mass is 14.9. The van der Waals surface area contributed by atoms with Crippen molar-refractivity contribution in [3.63, 3.8) is 0 Å². The molecule has 28 heavy (non-hydrogen) atoms. The SMILES string of the molecule is [B]n1cccc1/C(CCN)=C1N=C(/C=C/c2ccc(C(C)(C)C)cc2)C=C\1C. The largest absolute Gasteiger partial charge is 0.403 e. The van der Waals surface area contributed by atoms with E-state index in [1.165, 1.54) is 5.56 Å². The molecular weight excluding hydrogens is 341 g/mol. The molecule has 0 saturated heterocycles. The number of nitrogens with two attached hydrogens (primary N) is 1. The van der Waals surface area contributed by atoms with Gasteiger partial charge >= 0.3 is 0 Å². The molecule has 3 nitrogen and oxygen atoms in total. The van der Waals surface area contributed by atoms with Gasteiger partial charge in [-0.2, -0.15) is 0 Å². The monoisotopic (exact) mass is 369 g/mol. The fourth-order valence-electron chi connectivity index (χ4n) is 3.37. The van der Waals surface area contributed by atoms with E-state index in [9.17, 15) is 0 Å². The molecule has 2 heterocycles. The average molecular weight is 369 g/mol. The second kappa shape index (κ2) is 8.20. The number of hydrogen-bond acceptors (Lipinski definition) is 2. The normalized spacial score (nSPS) is 16.5. The highest BCUT2D eigenvalue weighted by molar-refractivity contribution is 6.11. The van der Waals surface area contributed by atoms with Gasteiger partial charge in [0.25, 0.3) is 0 Å². The van der Waals surface area contributed by atoms with E-state index < -0.39 is 0 Å². The number of aliphatic imine (C=N–C) groups is 1. The maximum Gasteiger partial charge on any atom is 0.234 e. The van der Waals surface area contributed by atoms with Crippen molar-refractivity contribution in [2.24, 2.45) is 10.7 Å². The van der Waals surface area contributed by atoms with Crippen LogP contribution in [0.15, 0.2) is 71.0 Å². The molecule has 1 aliphatic rings. The summed E-state index contributed by atoms with van der Waals surface area (Å²) in [5.74, 6) is 0. The van der Waals surface area contributed by atoms with Gasteiger partial charge in [0, 0.05) is 11.3 Å². The fourth-order valence-corrected chi connectivity index (χ4v) is 3.37. The maximum atomic E-state index is 6.06. The third-order valence-corrected chi connectivity index (χ3v) is 4.97. The summed E-state index contributed by atoms with van der Waals surface area (Å²) in [7, 11) is 6.06. The van der Waals surface area contributed by atoms with Crippen molar-refractivity contribution in [3.8, 4) is 0 Å². The van der Waals surface area contributed by atoms with Gasteiger partial charge in [0.1, 0.15) is 0 Å². The minimum absolute atomic E-state index is 0.164. The number of allylic oxidation sites excluding steroid dienone is 3. The predicted octanol–water partition coefficient (Wildman–Crippen LogP) is 4.89. The van der Waals surface area contributed by atoms with Crippen LogP contribution >= 0.6 is 0 Å². The third-order valence-electron chi connectivity index (χ3n) is 4.97. The molecule has 1 aromatic carbocycles. The Labute approximate surface area is 169 Å². The van der Waals surface area contributed by atoms with E-state index in [0.29, 0.717) is 6.54 Å². The Morgan fingerprint density at radius 1 is 1.14 bits per heavy atom. The van der Waals surface area contributed by atoms with Crippen LogP contribution in [0.4, 0.5) is 0 Å². The Kier molecular flexibility index (Phi) is 5.90. The van der Waals surface area contributed by atoms with Crippen molar-refractivity contribution < 1.29 is 0 Å². The van der Waals surface area contributed by atoms with E-state index in [-0.39, 0.29) is 5.41 Å². The quantitative estimate of drug-likeness (QED) is 0.749. The molecule has 0 spiro atoms. The second-order valence-electron chi connectivity index (χ2n) is 8.24. The molecule has 2 aromatic rings. The van der Waals surface area contributed by atoms with Crippen molar-refractivity contribution in [1.82, 2.24) is 4.48 Å². The fraction of sp³-hybridized carbons (Fsp3) is 0.292. The number of aromatic nitrogens is 1. The van der Waals surface area contributed by atoms with Gasteiger partial charge in [0.15, 0.2) is 0 Å². The predicted molar refractivity (Wildman–Crippen MR) is 122 cm³/mol. The van der Waals surface area contributed by atoms with Crippen LogP contribution in [0, 0.1) is 0 Å². The summed E-state index contributed by atoms with van der Waals surface area (Å²) in [6.07, 6.45) is 8.84. The molecule has 0 fully saturated rings. The lowest BCUT2D eigenvalue weighted by Gasteiger charge is -2.18. The number of benzene rings is 1. The molecule has 142 valence electrons. The Balaban J connectivity index is 1.88. The summed E-state index contributed by atoms with van der Waals surface area (Å²) in [6, 6.07) is 12.6. The van der Waals surface area contributed by atoms with E-state index in [2.05, 4.69) is 70.2 Å². The Morgan fingerprint density at radius 2 is 1.86 bits per heavy atom. The van der Waals surface area contributed by atoms with Gasteiger partial charge < -0.3 is 10.2 Å². The Hall–Kier alpha value is -2.59. The van der Waals surface area contributed by atoms with E-state index in [1.807, 2.05) is 18.3 Å². The van der Waals surface area contributed by atoms with Gasteiger partial charge in [0.05, 0.1) is 11.4 Å². The van der Waals surface area contributed by atoms with Gasteiger partial charge in [-0.15, -0.1) is 0 Å². The van der Waals surface area contributed by atoms with Gasteiger partial charge in [0.2, 0.25) is 7.98 Å². The molecule has 2 radical (unpaired) electrons. The molecule has 0 atom stereocenters. The van der Waals surface area contributed by atoms with Crippen LogP contribution in [-0.4, -0.2) is 24.7 Å². The Morgan fingerprint density at radius 3 is 2.43 bits per heavy atom. The molecule has 3 rings (SSSR count). The topological polar surface area (TPSA) is 43.3 Å². The lowest BCUT2D eigenvalue weighted by atomic mass is 9.87. The van der Waals surface area contributed by atoms with Crippen molar-refractivity contribution in [1.29, 1.82) is 0 Å². The van der Waals surface area contributed by atoms with Crippen LogP contribution in [0.2, 0.25) is 0 Å². The smallest absolute Gasteiger partial charge is 0.234 e. The minimum atomic E-state index is 0.164. The first-order valence-corrected chi connectivity index (χ1v) is 9.71. The summed E-state index contributed by atoms with van der Waals surface area (Å²) in [4.78, 5) is 4.85. The van der Waals surface area contributed by atoms with E-state index in [0.717, 1.165) is 40.2 Å². The van der Waals surface area contributed by atoms with Crippen LogP contribution < -0.4 is 5.73 Å². The molecule has 0 bridgehead atoms. The lowest BCUT2D eigenvalue weighted by molar-refractivity contribution is 0.590. The van der Waals surface area contributed by atoms with Crippen molar-refractivity contribution >= 4 is 25.3 Å². The molecule has 0 saturated carbocycles. The molecule has 0 amide bonds. The molecule has 4 heteroatoms. The zero-order valence-electron chi connectivity index (χ0n) is 17.2. The van der Waals surface area contributed by atoms with E-state index in [1.54, 1.807) is 4.48 Å². The highest BCUT2D eigenvalue weighted by Gasteiger charge is 2.17. The molecule has 0 aliphatic carbocycles. The number of rotatable bonds is 5. The number of hydrogen-bond donors (Lipinski definition) is 1. The van der Waals surface area contributed by atoms with Crippen LogP contribution in [0.1, 0.15) is 50.9 Å². The first-order valence-electron chi connectivity index (χ1n) is 9.71. The third kappa shape index (κ3) is 4.45. The van der Waals surface area contributed by atoms with Crippen molar-refractivity contribution in [2.45, 2.75) is 39.5 Å². The van der Waals surface area contributed by atoms with Gasteiger partial charge in [-0.1, -0.05) is 51.1 Å². The molecular formula is C24H28BN3. The van der Waals surface area contributed by atoms with Gasteiger partial charge in [-0.05, 0) is 72.5 Å². The molecule has 0 unspecified atom stereocenters. The zero-order valence-corrected chi connectivity index (χ0v) is 17.2. The standard InChI is InChI=1S/C24H28BN3/c1-17-16-20(12-9-18-7-10-19(11-8-18)24(2,3)4)27-23(17)21(13-14-26)22-6-5-15-28(22)25/h5-12,15-16H,13-14,26H2,1-4H3/b12-9+,23-21-. The van der Waals surface area contributed by atoms with Crippen LogP contribution in [0.25, 0.3) is 11.6 Å². The van der Waals surface area contributed by atoms with Crippen molar-refractivity contribution in [2.75, 3.05) is 6.54 Å². The van der Waals surface area contributed by atoms with E-state index >= 15 is 0 Å². The van der Waals surface area contributed by atoms with Crippen molar-refractivity contribution in [3.05, 3.63) is 82.8 Å². The van der Waals surface area contributed by atoms with Gasteiger partial charge in [-0.25, -0.2) is 4.99 Å². The summed E-state index contributed by atoms with van der Waals surface area (Å²) < 4.78 is 1.63. The summed E-state index contributed by atoms with van der Waals surface area (Å²) in [6.45, 7) is 9.31. The maximum absolute atomic E-state index is 6.06. The first kappa shape index (κ1) is 20.2. The average Bonchev–Trinajstić information content (AvgIpc) is 3.23. The molecule has 1 aromatic heterocycles. The van der Waals surface area contributed by atoms with Gasteiger partial charge in [-0.3, -0.25) is 0 Å². The summed E-state index contributed by atoms with van der Waals surface area (Å²) >= 11 is 0. The van der Waals surface area contributed by atoms with E-state index in [4.69, 9.17) is 18.7 Å². The molecule has 2 N–H and O–H groups in total. The molecule has 1 aliphatic heterocycles. The summed E-state index contributed by atoms with van der Waals surface area (Å²) in [5, 5.41) is 0. The first-order chi connectivity index (χ1) is 13.3. The minimum Gasteiger partial charge on any atom is -0.403 e. The second-order valence-corrected chi connectivity index (χ2v) is 8.24. The zero-order chi connectivity index (χ0) is 20.3.